The van der Waals surface area contributed by atoms with E-state index < -0.39 is 24.3 Å². The molecule has 6 atom stereocenters. The van der Waals surface area contributed by atoms with E-state index in [9.17, 15) is 37.8 Å². The molecule has 8 rings (SSSR count). The molecule has 19 heteroatoms. The van der Waals surface area contributed by atoms with Crippen LogP contribution in [0.2, 0.25) is 0 Å². The third kappa shape index (κ3) is 11.0. The standard InChI is InChI=1S/C45H48BrN5O8.C2HF3O2/c1-51(2)35-20-28(21-36(51)44-43(35)59-44)58-45(56)49-33-15-12-25(18-31(33)26-9-5-4-6-10-26)8-7-11-40(54)48-34-22-39(57-3)27(19-32(34)46)23-47-24-38(53)29-13-16-37(52)42-30(29)14-17-41(55)50-42;3-2(4,5)1(6)7/h4-6,9-10,12-19,22,28,35-36,38,43-44,47,53H,7-8,11,20-21,23-24H2,1-3H3,(H3-,48,49,50,52,54,55,56);(H,6,7)/t28?,35-,36+,38-,43-,44+;/m0./s1. The lowest BCUT2D eigenvalue weighted by Crippen LogP contribution is -2.60. The Bertz CT molecular complexity index is 2650. The number of nitrogens with zero attached hydrogens (tertiary/aromatic N) is 1. The van der Waals surface area contributed by atoms with Crippen LogP contribution in [0.3, 0.4) is 0 Å². The van der Waals surface area contributed by atoms with Crippen LogP contribution in [0.1, 0.15) is 48.5 Å². The highest BCUT2D eigenvalue weighted by molar-refractivity contribution is 9.10. The second-order valence-corrected chi connectivity index (χ2v) is 17.8. The number of hydrogen-bond donors (Lipinski definition) is 6. The van der Waals surface area contributed by atoms with E-state index in [4.69, 9.17) is 24.1 Å². The fourth-order valence-electron chi connectivity index (χ4n) is 8.99. The smallest absolute Gasteiger partial charge is 0.430 e. The number of aromatic hydroxyl groups is 1. The summed E-state index contributed by atoms with van der Waals surface area (Å²) < 4.78 is 50.7. The highest BCUT2D eigenvalue weighted by atomic mass is 79.9. The number of anilines is 2. The van der Waals surface area contributed by atoms with E-state index in [0.717, 1.165) is 39.6 Å². The number of alkyl halides is 3. The number of quaternary nitrogens is 1. The second-order valence-electron chi connectivity index (χ2n) is 17.0. The number of aliphatic hydroxyl groups excluding tert-OH is 1. The summed E-state index contributed by atoms with van der Waals surface area (Å²) in [5.41, 5.74) is 5.42. The number of benzene rings is 4. The molecule has 1 unspecified atom stereocenters. The number of hydrogen-bond acceptors (Lipinski definition) is 11. The van der Waals surface area contributed by atoms with Gasteiger partial charge in [0.05, 0.1) is 44.2 Å². The predicted octanol–water partition coefficient (Wildman–Crippen LogP) is 6.06. The normalized spacial score (nSPS) is 20.6. The van der Waals surface area contributed by atoms with Crippen molar-refractivity contribution in [1.82, 2.24) is 10.3 Å². The van der Waals surface area contributed by atoms with Crippen LogP contribution >= 0.6 is 15.9 Å². The number of ether oxygens (including phenoxy) is 3. The zero-order valence-corrected chi connectivity index (χ0v) is 37.7. The van der Waals surface area contributed by atoms with Gasteiger partial charge in [-0.2, -0.15) is 13.2 Å². The molecular formula is C47H49BrF3N5O10. The quantitative estimate of drug-likeness (QED) is 0.0556. The SMILES string of the molecule is COc1cc(NC(=O)CCCc2ccc(NC(=O)OC3C[C@@H]4[C@H]5O[C@H]5[C@H](C3)[N+]4(C)C)c(-c3ccccc3)c2)c(Br)cc1CNC[C@H](O)c1ccc(O)c2[nH]c(=O)ccc12.O=C([O-])C(F)(F)F. The number of H-pyrrole nitrogens is 1. The Morgan fingerprint density at radius 2 is 1.67 bits per heavy atom. The number of carboxylic acid groups (broad SMARTS) is 1. The molecule has 1 aromatic heterocycles. The lowest BCUT2D eigenvalue weighted by atomic mass is 9.96. The Morgan fingerprint density at radius 1 is 0.970 bits per heavy atom. The Balaban J connectivity index is 0.000000858. The van der Waals surface area contributed by atoms with E-state index in [1.165, 1.54) is 12.1 Å². The Labute approximate surface area is 385 Å². The summed E-state index contributed by atoms with van der Waals surface area (Å²) in [7, 11) is 6.06. The van der Waals surface area contributed by atoms with E-state index in [1.807, 2.05) is 48.5 Å². The van der Waals surface area contributed by atoms with Gasteiger partial charge in [-0.25, -0.2) is 4.79 Å². The van der Waals surface area contributed by atoms with Crippen molar-refractivity contribution in [2.45, 2.75) is 81.3 Å². The number of aromatic amines is 1. The monoisotopic (exact) mass is 979 g/mol. The third-order valence-corrected chi connectivity index (χ3v) is 13.0. The fraction of sp³-hybridized carbons (Fsp3) is 0.362. The summed E-state index contributed by atoms with van der Waals surface area (Å²) >= 11 is 3.59. The Morgan fingerprint density at radius 3 is 2.33 bits per heavy atom. The minimum Gasteiger partial charge on any atom is -0.542 e. The van der Waals surface area contributed by atoms with Gasteiger partial charge in [-0.3, -0.25) is 14.9 Å². The van der Waals surface area contributed by atoms with E-state index in [-0.39, 0.29) is 54.0 Å². The van der Waals surface area contributed by atoms with Crippen LogP contribution in [-0.4, -0.2) is 102 Å². The molecule has 3 aliphatic rings. The van der Waals surface area contributed by atoms with Crippen LogP contribution in [0.25, 0.3) is 22.0 Å². The number of nitrogens with one attached hydrogen (secondary N) is 4. The molecule has 0 spiro atoms. The maximum Gasteiger partial charge on any atom is 0.430 e. The Hall–Kier alpha value is -5.99. The molecular weight excluding hydrogens is 931 g/mol. The number of likely N-dealkylation sites (N-methyl/N-ethyl adjacent to an activating group) is 1. The van der Waals surface area contributed by atoms with E-state index in [0.29, 0.717) is 64.0 Å². The third-order valence-electron chi connectivity index (χ3n) is 12.4. The van der Waals surface area contributed by atoms with E-state index in [2.05, 4.69) is 57.0 Å². The fourth-order valence-corrected chi connectivity index (χ4v) is 9.48. The first-order chi connectivity index (χ1) is 31.3. The molecule has 3 fully saturated rings. The Kier molecular flexibility index (Phi) is 14.4. The first-order valence-electron chi connectivity index (χ1n) is 21.2. The number of halogens is 4. The lowest BCUT2D eigenvalue weighted by Gasteiger charge is -2.45. The zero-order chi connectivity index (χ0) is 47.5. The summed E-state index contributed by atoms with van der Waals surface area (Å²) in [6.07, 6.45) is -3.01. The molecule has 4 heterocycles. The number of epoxide rings is 1. The minimum absolute atomic E-state index is 0.0717. The molecule has 3 aliphatic heterocycles. The number of carbonyl (C=O) groups is 3. The average molecular weight is 981 g/mol. The topological polar surface area (TPSA) is 215 Å². The number of phenols is 1. The molecule has 4 aromatic carbocycles. The van der Waals surface area contributed by atoms with Gasteiger partial charge in [0, 0.05) is 65.5 Å². The van der Waals surface area contributed by atoms with Crippen molar-refractivity contribution < 1.29 is 61.6 Å². The minimum atomic E-state index is -5.19. The summed E-state index contributed by atoms with van der Waals surface area (Å²) in [6, 6.07) is 26.2. The van der Waals surface area contributed by atoms with Gasteiger partial charge < -0.3 is 54.4 Å². The van der Waals surface area contributed by atoms with Gasteiger partial charge in [0.2, 0.25) is 11.5 Å². The predicted molar refractivity (Wildman–Crippen MR) is 240 cm³/mol. The van der Waals surface area contributed by atoms with Gasteiger partial charge in [0.1, 0.15) is 47.9 Å². The van der Waals surface area contributed by atoms with Gasteiger partial charge in [0.25, 0.3) is 0 Å². The lowest BCUT2D eigenvalue weighted by molar-refractivity contribution is -0.938. The van der Waals surface area contributed by atoms with Crippen LogP contribution < -0.4 is 31.4 Å². The summed E-state index contributed by atoms with van der Waals surface area (Å²) in [5.74, 6) is -2.66. The molecule has 0 radical (unpaired) electrons. The number of morpholine rings is 1. The van der Waals surface area contributed by atoms with Crippen LogP contribution in [0.15, 0.2) is 94.2 Å². The number of piperidine rings is 1. The number of rotatable bonds is 14. The van der Waals surface area contributed by atoms with Crippen molar-refractivity contribution in [2.24, 2.45) is 0 Å². The van der Waals surface area contributed by atoms with Crippen molar-refractivity contribution >= 4 is 56.2 Å². The molecule has 15 nitrogen and oxygen atoms in total. The number of aliphatic hydroxyl groups is 1. The second kappa shape index (κ2) is 19.9. The van der Waals surface area contributed by atoms with Crippen molar-refractivity contribution in [1.29, 1.82) is 0 Å². The van der Waals surface area contributed by atoms with Crippen LogP contribution in [0.5, 0.6) is 11.5 Å². The largest absolute Gasteiger partial charge is 0.542 e. The van der Waals surface area contributed by atoms with Crippen molar-refractivity contribution in [3.05, 3.63) is 116 Å². The number of fused-ring (bicyclic) bond motifs is 6. The molecule has 350 valence electrons. The molecule has 3 saturated heterocycles. The number of carbonyl (C=O) groups excluding carboxylic acids is 3. The van der Waals surface area contributed by atoms with Crippen molar-refractivity contribution in [3.8, 4) is 22.6 Å². The number of carboxylic acids is 1. The maximum absolute atomic E-state index is 13.2. The highest BCUT2D eigenvalue weighted by Crippen LogP contribution is 2.51. The van der Waals surface area contributed by atoms with Crippen LogP contribution in [-0.2, 0) is 32.0 Å². The number of methoxy groups -OCH3 is 1. The van der Waals surface area contributed by atoms with E-state index >= 15 is 0 Å². The number of aromatic nitrogens is 1. The molecule has 2 amide bonds. The highest BCUT2D eigenvalue weighted by Gasteiger charge is 2.70. The first kappa shape index (κ1) is 48.0. The molecule has 2 bridgehead atoms. The van der Waals surface area contributed by atoms with Gasteiger partial charge in [-0.05, 0) is 75.8 Å². The number of phenolic OH excluding ortho intramolecular Hbond substituents is 1. The number of aryl methyl sites for hydroxylation is 1. The van der Waals surface area contributed by atoms with E-state index in [1.54, 1.807) is 25.3 Å². The summed E-state index contributed by atoms with van der Waals surface area (Å²) in [6.45, 7) is 0.545. The van der Waals surface area contributed by atoms with Gasteiger partial charge in [0.15, 0.2) is 0 Å². The molecule has 6 N–H and O–H groups in total. The van der Waals surface area contributed by atoms with Crippen LogP contribution in [0.4, 0.5) is 29.3 Å². The van der Waals surface area contributed by atoms with Crippen LogP contribution in [0, 0.1) is 0 Å². The number of pyridine rings is 1. The number of aliphatic carboxylic acids is 1. The molecule has 0 saturated carbocycles. The van der Waals surface area contributed by atoms with Gasteiger partial charge >= 0.3 is 12.3 Å². The molecule has 0 aliphatic carbocycles. The number of amides is 2. The zero-order valence-electron chi connectivity index (χ0n) is 36.1. The van der Waals surface area contributed by atoms with Crippen molar-refractivity contribution in [2.75, 3.05) is 38.4 Å². The first-order valence-corrected chi connectivity index (χ1v) is 22.0. The van der Waals surface area contributed by atoms with Gasteiger partial charge in [-0.15, -0.1) is 0 Å². The maximum atomic E-state index is 13.2. The average Bonchev–Trinajstić information content (AvgIpc) is 4.04. The molecule has 5 aromatic rings. The van der Waals surface area contributed by atoms with Gasteiger partial charge in [-0.1, -0.05) is 42.5 Å². The van der Waals surface area contributed by atoms with Crippen molar-refractivity contribution in [3.63, 3.8) is 0 Å². The summed E-state index contributed by atoms with van der Waals surface area (Å²) in [4.78, 5) is 49.6. The summed E-state index contributed by atoms with van der Waals surface area (Å²) in [5, 5.41) is 39.8. The molecule has 66 heavy (non-hydrogen) atoms.